The van der Waals surface area contributed by atoms with Crippen LogP contribution in [0.2, 0.25) is 0 Å². The zero-order valence-corrected chi connectivity index (χ0v) is 18.4. The molecule has 152 valence electrons. The summed E-state index contributed by atoms with van der Waals surface area (Å²) in [6.45, 7) is 0. The number of benzene rings is 2. The normalized spacial score (nSPS) is 11.0. The fourth-order valence-electron chi connectivity index (χ4n) is 3.10. The van der Waals surface area contributed by atoms with Crippen molar-refractivity contribution in [3.63, 3.8) is 0 Å². The number of halogens is 1. The number of aryl methyl sites for hydroxylation is 1. The molecule has 6 nitrogen and oxygen atoms in total. The highest BCUT2D eigenvalue weighted by atomic mass is 79.9. The molecular weight excluding hydrogens is 464 g/mol. The predicted molar refractivity (Wildman–Crippen MR) is 123 cm³/mol. The molecule has 2 heterocycles. The summed E-state index contributed by atoms with van der Waals surface area (Å²) >= 11 is 4.91. The number of rotatable bonds is 7. The largest absolute Gasteiger partial charge is 0.310 e. The van der Waals surface area contributed by atoms with Crippen molar-refractivity contribution in [1.82, 2.24) is 15.0 Å². The van der Waals surface area contributed by atoms with E-state index in [1.165, 1.54) is 16.9 Å². The molecule has 8 heteroatoms. The number of thiazole rings is 1. The van der Waals surface area contributed by atoms with Crippen LogP contribution in [0.25, 0.3) is 10.9 Å². The molecule has 0 saturated heterocycles. The topological polar surface area (TPSA) is 87.7 Å². The standard InChI is InChI=1S/C22H19BrN4O2S/c23-15-10-8-14(9-11-15)12-16-13-24-22(30-16)27-20(28)7-3-6-19-25-18-5-2-1-4-17(18)21(29)26-19/h1-2,4-5,8-11,13H,3,6-7,12H2,(H,24,27,28)(H,25,26,29). The molecule has 0 aliphatic rings. The van der Waals surface area contributed by atoms with Crippen LogP contribution in [-0.4, -0.2) is 20.9 Å². The summed E-state index contributed by atoms with van der Waals surface area (Å²) in [5.41, 5.74) is 1.71. The zero-order chi connectivity index (χ0) is 20.9. The lowest BCUT2D eigenvalue weighted by Crippen LogP contribution is -2.14. The van der Waals surface area contributed by atoms with Crippen LogP contribution in [0.4, 0.5) is 5.13 Å². The quantitative estimate of drug-likeness (QED) is 0.399. The summed E-state index contributed by atoms with van der Waals surface area (Å²) in [5, 5.41) is 4.03. The molecule has 0 fully saturated rings. The number of nitrogens with zero attached hydrogens (tertiary/aromatic N) is 2. The van der Waals surface area contributed by atoms with Gasteiger partial charge in [-0.25, -0.2) is 9.97 Å². The van der Waals surface area contributed by atoms with Crippen molar-refractivity contribution in [1.29, 1.82) is 0 Å². The smallest absolute Gasteiger partial charge is 0.258 e. The van der Waals surface area contributed by atoms with Crippen LogP contribution in [-0.2, 0) is 17.6 Å². The second-order valence-electron chi connectivity index (χ2n) is 6.87. The Balaban J connectivity index is 1.28. The highest BCUT2D eigenvalue weighted by Gasteiger charge is 2.09. The molecule has 4 aromatic rings. The van der Waals surface area contributed by atoms with E-state index < -0.39 is 0 Å². The molecule has 0 spiro atoms. The van der Waals surface area contributed by atoms with Gasteiger partial charge in [0.15, 0.2) is 5.13 Å². The maximum Gasteiger partial charge on any atom is 0.258 e. The Hall–Kier alpha value is -2.84. The molecule has 0 radical (unpaired) electrons. The summed E-state index contributed by atoms with van der Waals surface area (Å²) < 4.78 is 1.05. The van der Waals surface area contributed by atoms with Crippen LogP contribution in [0.1, 0.15) is 29.1 Å². The Morgan fingerprint density at radius 2 is 1.93 bits per heavy atom. The van der Waals surface area contributed by atoms with Crippen molar-refractivity contribution >= 4 is 49.2 Å². The molecule has 0 atom stereocenters. The van der Waals surface area contributed by atoms with Crippen LogP contribution in [0.3, 0.4) is 0 Å². The number of carbonyl (C=O) groups is 1. The van der Waals surface area contributed by atoms with E-state index in [4.69, 9.17) is 0 Å². The minimum atomic E-state index is -0.152. The molecule has 0 aliphatic heterocycles. The lowest BCUT2D eigenvalue weighted by Gasteiger charge is -2.04. The first-order valence-electron chi connectivity index (χ1n) is 9.54. The molecule has 2 N–H and O–H groups in total. The number of carbonyl (C=O) groups excluding carboxylic acids is 1. The first-order chi connectivity index (χ1) is 14.6. The number of aromatic amines is 1. The van der Waals surface area contributed by atoms with E-state index in [1.54, 1.807) is 12.3 Å². The zero-order valence-electron chi connectivity index (χ0n) is 16.0. The van der Waals surface area contributed by atoms with E-state index in [2.05, 4.69) is 48.3 Å². The summed E-state index contributed by atoms with van der Waals surface area (Å²) in [6, 6.07) is 15.4. The first kappa shape index (κ1) is 20.4. The second-order valence-corrected chi connectivity index (χ2v) is 8.90. The third-order valence-corrected chi connectivity index (χ3v) is 6.01. The maximum atomic E-state index is 12.2. The Bertz CT molecular complexity index is 1230. The van der Waals surface area contributed by atoms with Crippen molar-refractivity contribution in [3.05, 3.63) is 85.8 Å². The molecule has 0 aliphatic carbocycles. The van der Waals surface area contributed by atoms with Gasteiger partial charge < -0.3 is 10.3 Å². The van der Waals surface area contributed by atoms with Crippen molar-refractivity contribution in [3.8, 4) is 0 Å². The highest BCUT2D eigenvalue weighted by molar-refractivity contribution is 9.10. The van der Waals surface area contributed by atoms with Crippen molar-refractivity contribution in [2.24, 2.45) is 0 Å². The average Bonchev–Trinajstić information content (AvgIpc) is 3.16. The molecule has 1 amide bonds. The van der Waals surface area contributed by atoms with Gasteiger partial charge in [0, 0.05) is 34.8 Å². The van der Waals surface area contributed by atoms with Crippen molar-refractivity contribution in [2.75, 3.05) is 5.32 Å². The monoisotopic (exact) mass is 482 g/mol. The minimum absolute atomic E-state index is 0.0947. The molecule has 4 rings (SSSR count). The lowest BCUT2D eigenvalue weighted by molar-refractivity contribution is -0.116. The van der Waals surface area contributed by atoms with Gasteiger partial charge in [-0.3, -0.25) is 9.59 Å². The van der Waals surface area contributed by atoms with Gasteiger partial charge >= 0.3 is 0 Å². The number of para-hydroxylation sites is 1. The van der Waals surface area contributed by atoms with Gasteiger partial charge in [0.2, 0.25) is 5.91 Å². The summed E-state index contributed by atoms with van der Waals surface area (Å²) in [7, 11) is 0. The fourth-order valence-corrected chi connectivity index (χ4v) is 4.23. The fraction of sp³-hybridized carbons (Fsp3) is 0.182. The molecule has 2 aromatic carbocycles. The summed E-state index contributed by atoms with van der Waals surface area (Å²) in [6.07, 6.45) is 4.02. The third-order valence-electron chi connectivity index (χ3n) is 4.57. The van der Waals surface area contributed by atoms with Gasteiger partial charge in [-0.2, -0.15) is 0 Å². The van der Waals surface area contributed by atoms with Crippen molar-refractivity contribution < 1.29 is 4.79 Å². The number of amides is 1. The molecule has 0 saturated carbocycles. The first-order valence-corrected chi connectivity index (χ1v) is 11.1. The van der Waals surface area contributed by atoms with Crippen LogP contribution in [0.15, 0.2) is 64.0 Å². The van der Waals surface area contributed by atoms with E-state index in [0.29, 0.717) is 41.1 Å². The van der Waals surface area contributed by atoms with Crippen LogP contribution >= 0.6 is 27.3 Å². The average molecular weight is 483 g/mol. The lowest BCUT2D eigenvalue weighted by atomic mass is 10.1. The van der Waals surface area contributed by atoms with Gasteiger partial charge in [-0.05, 0) is 36.2 Å². The molecule has 0 unspecified atom stereocenters. The Labute approximate surface area is 185 Å². The Morgan fingerprint density at radius 1 is 1.13 bits per heavy atom. The summed E-state index contributed by atoms with van der Waals surface area (Å²) in [5.74, 6) is 0.500. The number of aromatic nitrogens is 3. The number of anilines is 1. The molecule has 2 aromatic heterocycles. The van der Waals surface area contributed by atoms with E-state index in [-0.39, 0.29) is 11.5 Å². The molecule has 30 heavy (non-hydrogen) atoms. The number of hydrogen-bond donors (Lipinski definition) is 2. The van der Waals surface area contributed by atoms with E-state index >= 15 is 0 Å². The predicted octanol–water partition coefficient (Wildman–Crippen LogP) is 4.69. The van der Waals surface area contributed by atoms with E-state index in [9.17, 15) is 9.59 Å². The van der Waals surface area contributed by atoms with Gasteiger partial charge in [-0.1, -0.05) is 40.2 Å². The second kappa shape index (κ2) is 9.32. The number of H-pyrrole nitrogens is 1. The van der Waals surface area contributed by atoms with E-state index in [1.807, 2.05) is 30.3 Å². The third kappa shape index (κ3) is 5.20. The van der Waals surface area contributed by atoms with Crippen LogP contribution in [0.5, 0.6) is 0 Å². The number of hydrogen-bond acceptors (Lipinski definition) is 5. The molecular formula is C22H19BrN4O2S. The number of fused-ring (bicyclic) bond motifs is 1. The molecule has 0 bridgehead atoms. The van der Waals surface area contributed by atoms with Gasteiger partial charge in [0.1, 0.15) is 5.82 Å². The maximum absolute atomic E-state index is 12.2. The van der Waals surface area contributed by atoms with Gasteiger partial charge in [0.05, 0.1) is 10.9 Å². The number of nitrogens with one attached hydrogen (secondary N) is 2. The van der Waals surface area contributed by atoms with Crippen molar-refractivity contribution in [2.45, 2.75) is 25.7 Å². The van der Waals surface area contributed by atoms with Crippen LogP contribution in [0, 0.1) is 0 Å². The Kier molecular flexibility index (Phi) is 6.35. The Morgan fingerprint density at radius 3 is 2.77 bits per heavy atom. The summed E-state index contributed by atoms with van der Waals surface area (Å²) in [4.78, 5) is 37.0. The van der Waals surface area contributed by atoms with Gasteiger partial charge in [-0.15, -0.1) is 11.3 Å². The van der Waals surface area contributed by atoms with Crippen LogP contribution < -0.4 is 10.9 Å². The van der Waals surface area contributed by atoms with E-state index in [0.717, 1.165) is 15.8 Å². The highest BCUT2D eigenvalue weighted by Crippen LogP contribution is 2.22. The SMILES string of the molecule is O=C(CCCc1nc2ccccc2c(=O)[nH]1)Nc1ncc(Cc2ccc(Br)cc2)s1. The minimum Gasteiger partial charge on any atom is -0.310 e. The van der Waals surface area contributed by atoms with Gasteiger partial charge in [0.25, 0.3) is 5.56 Å².